The van der Waals surface area contributed by atoms with Crippen LogP contribution in [0.25, 0.3) is 0 Å². The molecule has 2 aromatic carbocycles. The van der Waals surface area contributed by atoms with Crippen LogP contribution in [0.4, 0.5) is 10.1 Å². The van der Waals surface area contributed by atoms with Crippen molar-refractivity contribution in [3.63, 3.8) is 0 Å². The molecule has 1 amide bonds. The van der Waals surface area contributed by atoms with Crippen LogP contribution >= 0.6 is 23.4 Å². The SMILES string of the molecule is O=C(CSCc1c(F)cccc1Cl)Nc1ccc2c(c1)OCCO2. The summed E-state index contributed by atoms with van der Waals surface area (Å²) in [4.78, 5) is 12.0. The van der Waals surface area contributed by atoms with Crippen LogP contribution in [-0.4, -0.2) is 24.9 Å². The molecule has 0 atom stereocenters. The number of rotatable bonds is 5. The summed E-state index contributed by atoms with van der Waals surface area (Å²) in [5.41, 5.74) is 1.05. The molecule has 0 saturated carbocycles. The number of nitrogens with one attached hydrogen (secondary N) is 1. The molecule has 0 saturated heterocycles. The maximum Gasteiger partial charge on any atom is 0.234 e. The van der Waals surface area contributed by atoms with Gasteiger partial charge in [-0.1, -0.05) is 17.7 Å². The van der Waals surface area contributed by atoms with E-state index in [0.717, 1.165) is 0 Å². The fraction of sp³-hybridized carbons (Fsp3) is 0.235. The zero-order valence-electron chi connectivity index (χ0n) is 12.7. The molecule has 24 heavy (non-hydrogen) atoms. The minimum atomic E-state index is -0.359. The fourth-order valence-electron chi connectivity index (χ4n) is 2.23. The second-order valence-corrected chi connectivity index (χ2v) is 6.49. The standard InChI is InChI=1S/C17H15ClFNO3S/c18-13-2-1-3-14(19)12(13)9-24-10-17(21)20-11-4-5-15-16(8-11)23-7-6-22-15/h1-5,8H,6-7,9-10H2,(H,20,21). The van der Waals surface area contributed by atoms with E-state index in [9.17, 15) is 9.18 Å². The van der Waals surface area contributed by atoms with Gasteiger partial charge in [0.15, 0.2) is 11.5 Å². The number of thioether (sulfide) groups is 1. The Labute approximate surface area is 148 Å². The van der Waals surface area contributed by atoms with Crippen molar-refractivity contribution in [1.29, 1.82) is 0 Å². The Kier molecular flexibility index (Phi) is 5.48. The van der Waals surface area contributed by atoms with Crippen molar-refractivity contribution in [3.05, 3.63) is 52.8 Å². The number of carbonyl (C=O) groups is 1. The van der Waals surface area contributed by atoms with Gasteiger partial charge in [0, 0.05) is 28.1 Å². The first-order valence-electron chi connectivity index (χ1n) is 7.33. The lowest BCUT2D eigenvalue weighted by atomic mass is 10.2. The molecule has 1 aliphatic heterocycles. The van der Waals surface area contributed by atoms with Crippen LogP contribution in [0.1, 0.15) is 5.56 Å². The maximum absolute atomic E-state index is 13.7. The summed E-state index contributed by atoms with van der Waals surface area (Å²) in [5, 5.41) is 3.16. The summed E-state index contributed by atoms with van der Waals surface area (Å²) in [6.45, 7) is 1.01. The summed E-state index contributed by atoms with van der Waals surface area (Å²) < 4.78 is 24.6. The van der Waals surface area contributed by atoms with E-state index in [4.69, 9.17) is 21.1 Å². The zero-order valence-corrected chi connectivity index (χ0v) is 14.3. The number of amides is 1. The van der Waals surface area contributed by atoms with Crippen molar-refractivity contribution in [2.24, 2.45) is 0 Å². The number of benzene rings is 2. The summed E-state index contributed by atoms with van der Waals surface area (Å²) in [6.07, 6.45) is 0. The Balaban J connectivity index is 1.53. The van der Waals surface area contributed by atoms with E-state index >= 15 is 0 Å². The molecular formula is C17H15ClFNO3S. The van der Waals surface area contributed by atoms with Crippen molar-refractivity contribution < 1.29 is 18.7 Å². The molecule has 0 spiro atoms. The first-order chi connectivity index (χ1) is 11.6. The monoisotopic (exact) mass is 367 g/mol. The highest BCUT2D eigenvalue weighted by Crippen LogP contribution is 2.32. The molecule has 7 heteroatoms. The highest BCUT2D eigenvalue weighted by Gasteiger charge is 2.13. The average molecular weight is 368 g/mol. The molecule has 4 nitrogen and oxygen atoms in total. The fourth-order valence-corrected chi connectivity index (χ4v) is 3.40. The number of anilines is 1. The molecule has 1 N–H and O–H groups in total. The lowest BCUT2D eigenvalue weighted by Crippen LogP contribution is -2.17. The molecule has 126 valence electrons. The van der Waals surface area contributed by atoms with Gasteiger partial charge in [-0.05, 0) is 24.3 Å². The maximum atomic E-state index is 13.7. The van der Waals surface area contributed by atoms with Gasteiger partial charge in [0.25, 0.3) is 0 Å². The predicted molar refractivity (Wildman–Crippen MR) is 93.6 cm³/mol. The third-order valence-corrected chi connectivity index (χ3v) is 4.68. The van der Waals surface area contributed by atoms with E-state index in [2.05, 4.69) is 5.32 Å². The Hall–Kier alpha value is -1.92. The molecule has 0 fully saturated rings. The molecule has 0 aliphatic carbocycles. The molecule has 1 aliphatic rings. The van der Waals surface area contributed by atoms with E-state index < -0.39 is 0 Å². The van der Waals surface area contributed by atoms with E-state index in [1.807, 2.05) is 0 Å². The topological polar surface area (TPSA) is 47.6 Å². The number of ether oxygens (including phenoxy) is 2. The molecule has 0 radical (unpaired) electrons. The molecular weight excluding hydrogens is 353 g/mol. The average Bonchev–Trinajstić information content (AvgIpc) is 2.57. The first-order valence-corrected chi connectivity index (χ1v) is 8.87. The molecule has 1 heterocycles. The molecule has 0 bridgehead atoms. The number of halogens is 2. The van der Waals surface area contributed by atoms with Crippen molar-refractivity contribution in [2.45, 2.75) is 5.75 Å². The minimum absolute atomic E-state index is 0.177. The van der Waals surface area contributed by atoms with Crippen LogP contribution in [-0.2, 0) is 10.5 Å². The lowest BCUT2D eigenvalue weighted by molar-refractivity contribution is -0.113. The molecule has 0 aromatic heterocycles. The minimum Gasteiger partial charge on any atom is -0.486 e. The van der Waals surface area contributed by atoms with Gasteiger partial charge in [-0.3, -0.25) is 4.79 Å². The van der Waals surface area contributed by atoms with E-state index in [1.54, 1.807) is 30.3 Å². The van der Waals surface area contributed by atoms with E-state index in [1.165, 1.54) is 17.8 Å². The van der Waals surface area contributed by atoms with Crippen LogP contribution < -0.4 is 14.8 Å². The Morgan fingerprint density at radius 3 is 2.79 bits per heavy atom. The number of hydrogen-bond donors (Lipinski definition) is 1. The van der Waals surface area contributed by atoms with E-state index in [0.29, 0.717) is 46.7 Å². The number of carbonyl (C=O) groups excluding carboxylic acids is 1. The number of fused-ring (bicyclic) bond motifs is 1. The van der Waals surface area contributed by atoms with Crippen LogP contribution in [0.2, 0.25) is 5.02 Å². The predicted octanol–water partition coefficient (Wildman–Crippen LogP) is 4.12. The third-order valence-electron chi connectivity index (χ3n) is 3.37. The third kappa shape index (κ3) is 4.13. The van der Waals surface area contributed by atoms with Crippen LogP contribution in [0.3, 0.4) is 0 Å². The van der Waals surface area contributed by atoms with Gasteiger partial charge in [0.05, 0.1) is 5.75 Å². The normalized spacial score (nSPS) is 12.8. The highest BCUT2D eigenvalue weighted by atomic mass is 35.5. The molecule has 0 unspecified atom stereocenters. The summed E-state index contributed by atoms with van der Waals surface area (Å²) in [6, 6.07) is 9.79. The second kappa shape index (κ2) is 7.77. The van der Waals surface area contributed by atoms with Crippen LogP contribution in [0, 0.1) is 5.82 Å². The zero-order chi connectivity index (χ0) is 16.9. The van der Waals surface area contributed by atoms with Gasteiger partial charge in [-0.25, -0.2) is 4.39 Å². The quantitative estimate of drug-likeness (QED) is 0.863. The van der Waals surface area contributed by atoms with Crippen LogP contribution in [0.15, 0.2) is 36.4 Å². The van der Waals surface area contributed by atoms with Crippen LogP contribution in [0.5, 0.6) is 11.5 Å². The van der Waals surface area contributed by atoms with Gasteiger partial charge in [0.1, 0.15) is 19.0 Å². The first kappa shape index (κ1) is 16.9. The Morgan fingerprint density at radius 2 is 2.00 bits per heavy atom. The highest BCUT2D eigenvalue weighted by molar-refractivity contribution is 7.99. The summed E-state index contributed by atoms with van der Waals surface area (Å²) in [5.74, 6) is 1.28. The molecule has 2 aromatic rings. The van der Waals surface area contributed by atoms with Gasteiger partial charge >= 0.3 is 0 Å². The summed E-state index contributed by atoms with van der Waals surface area (Å²) >= 11 is 7.26. The largest absolute Gasteiger partial charge is 0.486 e. The van der Waals surface area contributed by atoms with Crippen molar-refractivity contribution in [1.82, 2.24) is 0 Å². The Bertz CT molecular complexity index is 736. The number of hydrogen-bond acceptors (Lipinski definition) is 4. The Morgan fingerprint density at radius 1 is 1.21 bits per heavy atom. The smallest absolute Gasteiger partial charge is 0.234 e. The van der Waals surface area contributed by atoms with Crippen molar-refractivity contribution in [2.75, 3.05) is 24.3 Å². The van der Waals surface area contributed by atoms with Crippen molar-refractivity contribution >= 4 is 35.0 Å². The van der Waals surface area contributed by atoms with Gasteiger partial charge in [-0.2, -0.15) is 0 Å². The molecule has 3 rings (SSSR count). The van der Waals surface area contributed by atoms with Gasteiger partial charge in [-0.15, -0.1) is 11.8 Å². The lowest BCUT2D eigenvalue weighted by Gasteiger charge is -2.19. The van der Waals surface area contributed by atoms with Crippen molar-refractivity contribution in [3.8, 4) is 11.5 Å². The second-order valence-electron chi connectivity index (χ2n) is 5.10. The summed E-state index contributed by atoms with van der Waals surface area (Å²) in [7, 11) is 0. The van der Waals surface area contributed by atoms with Gasteiger partial charge in [0.2, 0.25) is 5.91 Å². The van der Waals surface area contributed by atoms with E-state index in [-0.39, 0.29) is 17.5 Å². The van der Waals surface area contributed by atoms with Gasteiger partial charge < -0.3 is 14.8 Å².